The standard InChI is InChI=1S/C29H23Cl2FN4O4S/c1-2-41(38,39)21-7-8-24-18(13-21)9-12-36(24)16-25(37)33-20-14-22(30)26(23(31)15-20)29(10-11-29)28-34-27(40-35-28)17-3-5-19(32)6-4-17/h3-9,12-15H,2,10-11,16H2,1H3,(H,33,37). The number of amides is 1. The minimum absolute atomic E-state index is 0.000671. The average Bonchev–Trinajstić information content (AvgIpc) is 3.38. The molecule has 6 rings (SSSR count). The molecule has 1 aliphatic carbocycles. The minimum Gasteiger partial charge on any atom is -0.338 e. The van der Waals surface area contributed by atoms with E-state index < -0.39 is 15.3 Å². The van der Waals surface area contributed by atoms with Gasteiger partial charge in [0.15, 0.2) is 15.7 Å². The number of fused-ring (bicyclic) bond motifs is 1. The van der Waals surface area contributed by atoms with Gasteiger partial charge in [-0.05, 0) is 73.5 Å². The third-order valence-electron chi connectivity index (χ3n) is 7.30. The Kier molecular flexibility index (Phi) is 6.88. The molecule has 12 heteroatoms. The Morgan fingerprint density at radius 3 is 2.44 bits per heavy atom. The largest absolute Gasteiger partial charge is 0.338 e. The zero-order valence-corrected chi connectivity index (χ0v) is 24.0. The van der Waals surface area contributed by atoms with E-state index in [0.29, 0.717) is 45.5 Å². The van der Waals surface area contributed by atoms with Crippen molar-refractivity contribution in [2.75, 3.05) is 11.1 Å². The smallest absolute Gasteiger partial charge is 0.257 e. The molecule has 3 aromatic carbocycles. The SMILES string of the molecule is CCS(=O)(=O)c1ccc2c(ccn2CC(=O)Nc2cc(Cl)c(C3(c4noc(-c5ccc(F)cc5)n4)CC3)c(Cl)c2)c1. The van der Waals surface area contributed by atoms with Crippen LogP contribution in [0.15, 0.2) is 76.3 Å². The molecular weight excluding hydrogens is 590 g/mol. The lowest BCUT2D eigenvalue weighted by atomic mass is 9.94. The van der Waals surface area contributed by atoms with E-state index in [1.165, 1.54) is 12.1 Å². The lowest BCUT2D eigenvalue weighted by molar-refractivity contribution is -0.116. The van der Waals surface area contributed by atoms with E-state index in [4.69, 9.17) is 27.7 Å². The molecule has 210 valence electrons. The van der Waals surface area contributed by atoms with Crippen LogP contribution in [0, 0.1) is 5.82 Å². The molecule has 1 N–H and O–H groups in total. The highest BCUT2D eigenvalue weighted by Gasteiger charge is 2.52. The number of hydrogen-bond donors (Lipinski definition) is 1. The number of rotatable bonds is 8. The first-order valence-corrected chi connectivity index (χ1v) is 15.2. The summed E-state index contributed by atoms with van der Waals surface area (Å²) in [5.74, 6) is 0.0442. The molecule has 1 saturated carbocycles. The Bertz CT molecular complexity index is 1890. The summed E-state index contributed by atoms with van der Waals surface area (Å²) in [5.41, 5.74) is 1.79. The monoisotopic (exact) mass is 612 g/mol. The van der Waals surface area contributed by atoms with Crippen LogP contribution in [0.2, 0.25) is 10.0 Å². The number of benzene rings is 3. The predicted octanol–water partition coefficient (Wildman–Crippen LogP) is 6.65. The van der Waals surface area contributed by atoms with Crippen LogP contribution in [-0.2, 0) is 26.6 Å². The Hall–Kier alpha value is -3.73. The number of carbonyl (C=O) groups is 1. The summed E-state index contributed by atoms with van der Waals surface area (Å²) in [7, 11) is -3.33. The van der Waals surface area contributed by atoms with E-state index in [9.17, 15) is 17.6 Å². The van der Waals surface area contributed by atoms with Gasteiger partial charge in [-0.1, -0.05) is 35.3 Å². The van der Waals surface area contributed by atoms with Crippen LogP contribution in [0.3, 0.4) is 0 Å². The molecule has 0 saturated heterocycles. The van der Waals surface area contributed by atoms with Crippen LogP contribution in [0.4, 0.5) is 10.1 Å². The lowest BCUT2D eigenvalue weighted by Crippen LogP contribution is -2.19. The summed E-state index contributed by atoms with van der Waals surface area (Å²) in [6.07, 6.45) is 3.16. The van der Waals surface area contributed by atoms with Crippen molar-refractivity contribution in [3.63, 3.8) is 0 Å². The van der Waals surface area contributed by atoms with Gasteiger partial charge in [-0.3, -0.25) is 4.79 Å². The van der Waals surface area contributed by atoms with Gasteiger partial charge >= 0.3 is 0 Å². The molecule has 0 radical (unpaired) electrons. The first kappa shape index (κ1) is 27.4. The molecule has 1 fully saturated rings. The zero-order chi connectivity index (χ0) is 28.9. The molecule has 8 nitrogen and oxygen atoms in total. The quantitative estimate of drug-likeness (QED) is 0.210. The topological polar surface area (TPSA) is 107 Å². The fourth-order valence-electron chi connectivity index (χ4n) is 4.97. The fourth-order valence-corrected chi connectivity index (χ4v) is 6.74. The molecule has 1 amide bonds. The van der Waals surface area contributed by atoms with E-state index in [0.717, 1.165) is 10.9 Å². The van der Waals surface area contributed by atoms with Crippen LogP contribution in [0.5, 0.6) is 0 Å². The van der Waals surface area contributed by atoms with Crippen LogP contribution in [0.25, 0.3) is 22.4 Å². The highest BCUT2D eigenvalue weighted by molar-refractivity contribution is 7.91. The van der Waals surface area contributed by atoms with Crippen LogP contribution in [0.1, 0.15) is 31.2 Å². The van der Waals surface area contributed by atoms with Crippen molar-refractivity contribution in [1.29, 1.82) is 0 Å². The average molecular weight is 613 g/mol. The molecule has 2 aromatic heterocycles. The second-order valence-corrected chi connectivity index (χ2v) is 13.0. The number of hydrogen-bond acceptors (Lipinski definition) is 6. The van der Waals surface area contributed by atoms with Crippen molar-refractivity contribution in [2.24, 2.45) is 0 Å². The van der Waals surface area contributed by atoms with Crippen molar-refractivity contribution in [2.45, 2.75) is 36.6 Å². The van der Waals surface area contributed by atoms with E-state index in [2.05, 4.69) is 15.5 Å². The summed E-state index contributed by atoms with van der Waals surface area (Å²) in [6.45, 7) is 1.60. The van der Waals surface area contributed by atoms with E-state index in [-0.39, 0.29) is 34.8 Å². The van der Waals surface area contributed by atoms with Crippen molar-refractivity contribution >= 4 is 55.5 Å². The summed E-state index contributed by atoms with van der Waals surface area (Å²) >= 11 is 13.4. The second kappa shape index (κ2) is 10.3. The fraction of sp³-hybridized carbons (Fsp3) is 0.207. The maximum absolute atomic E-state index is 13.3. The third kappa shape index (κ3) is 5.11. The number of carbonyl (C=O) groups excluding carboxylic acids is 1. The molecule has 0 unspecified atom stereocenters. The summed E-state index contributed by atoms with van der Waals surface area (Å²) in [6, 6.07) is 15.7. The van der Waals surface area contributed by atoms with Gasteiger partial charge in [0.05, 0.1) is 16.1 Å². The van der Waals surface area contributed by atoms with Crippen LogP contribution >= 0.6 is 23.2 Å². The molecule has 1 aliphatic rings. The molecule has 5 aromatic rings. The number of sulfone groups is 1. The summed E-state index contributed by atoms with van der Waals surface area (Å²) in [5, 5.41) is 8.44. The van der Waals surface area contributed by atoms with Gasteiger partial charge in [-0.2, -0.15) is 4.98 Å². The van der Waals surface area contributed by atoms with Gasteiger partial charge in [0, 0.05) is 44.0 Å². The van der Waals surface area contributed by atoms with Crippen molar-refractivity contribution in [1.82, 2.24) is 14.7 Å². The normalized spacial score (nSPS) is 14.3. The van der Waals surface area contributed by atoms with Gasteiger partial charge < -0.3 is 14.4 Å². The van der Waals surface area contributed by atoms with Gasteiger partial charge in [0.1, 0.15) is 12.4 Å². The van der Waals surface area contributed by atoms with Crippen molar-refractivity contribution < 1.29 is 22.1 Å². The third-order valence-corrected chi connectivity index (χ3v) is 9.62. The van der Waals surface area contributed by atoms with Crippen molar-refractivity contribution in [3.8, 4) is 11.5 Å². The van der Waals surface area contributed by atoms with E-state index >= 15 is 0 Å². The first-order valence-electron chi connectivity index (χ1n) is 12.8. The number of aromatic nitrogens is 3. The highest BCUT2D eigenvalue weighted by atomic mass is 35.5. The van der Waals surface area contributed by atoms with Gasteiger partial charge in [-0.25, -0.2) is 12.8 Å². The Morgan fingerprint density at radius 1 is 1.07 bits per heavy atom. The molecule has 41 heavy (non-hydrogen) atoms. The molecule has 0 bridgehead atoms. The summed E-state index contributed by atoms with van der Waals surface area (Å²) < 4.78 is 44.9. The maximum Gasteiger partial charge on any atom is 0.257 e. The number of halogens is 3. The van der Waals surface area contributed by atoms with Gasteiger partial charge in [0.25, 0.3) is 5.89 Å². The second-order valence-electron chi connectivity index (χ2n) is 9.94. The molecule has 0 atom stereocenters. The first-order chi connectivity index (χ1) is 19.6. The molecule has 0 spiro atoms. The lowest BCUT2D eigenvalue weighted by Gasteiger charge is -2.17. The van der Waals surface area contributed by atoms with Gasteiger partial charge in [-0.15, -0.1) is 0 Å². The summed E-state index contributed by atoms with van der Waals surface area (Å²) in [4.78, 5) is 17.7. The zero-order valence-electron chi connectivity index (χ0n) is 21.7. The van der Waals surface area contributed by atoms with E-state index in [1.54, 1.807) is 66.2 Å². The minimum atomic E-state index is -3.33. The van der Waals surface area contributed by atoms with Crippen molar-refractivity contribution in [3.05, 3.63) is 94.1 Å². The molecular formula is C29H23Cl2FN4O4S. The highest BCUT2D eigenvalue weighted by Crippen LogP contribution is 2.57. The van der Waals surface area contributed by atoms with Crippen LogP contribution in [-0.4, -0.2) is 34.8 Å². The number of nitrogens with zero attached hydrogens (tertiary/aromatic N) is 3. The molecule has 0 aliphatic heterocycles. The molecule has 2 heterocycles. The predicted molar refractivity (Wildman–Crippen MR) is 154 cm³/mol. The van der Waals surface area contributed by atoms with Gasteiger partial charge in [0.2, 0.25) is 5.91 Å². The Balaban J connectivity index is 1.20. The van der Waals surface area contributed by atoms with E-state index in [1.807, 2.05) is 0 Å². The Labute approximate surface area is 245 Å². The number of anilines is 1. The Morgan fingerprint density at radius 2 is 1.78 bits per heavy atom. The maximum atomic E-state index is 13.3. The number of nitrogens with one attached hydrogen (secondary N) is 1. The van der Waals surface area contributed by atoms with Crippen LogP contribution < -0.4 is 5.32 Å².